The van der Waals surface area contributed by atoms with Crippen LogP contribution in [0.5, 0.6) is 0 Å². The zero-order valence-corrected chi connectivity index (χ0v) is 7.10. The van der Waals surface area contributed by atoms with Gasteiger partial charge in [0.25, 0.3) is 0 Å². The lowest BCUT2D eigenvalue weighted by molar-refractivity contribution is 0.477. The van der Waals surface area contributed by atoms with Crippen molar-refractivity contribution in [1.29, 1.82) is 0 Å². The van der Waals surface area contributed by atoms with Crippen LogP contribution >= 0.6 is 0 Å². The van der Waals surface area contributed by atoms with Gasteiger partial charge in [0, 0.05) is 6.92 Å². The van der Waals surface area contributed by atoms with E-state index in [4.69, 9.17) is 4.42 Å². The highest BCUT2D eigenvalue weighted by atomic mass is 16.4. The van der Waals surface area contributed by atoms with E-state index in [1.807, 2.05) is 18.2 Å². The molecule has 1 aromatic carbocycles. The Morgan fingerprint density at radius 3 is 2.54 bits per heavy atom. The lowest BCUT2D eigenvalue weighted by atomic mass is 10.3. The molecule has 13 heavy (non-hydrogen) atoms. The summed E-state index contributed by atoms with van der Waals surface area (Å²) in [6.45, 7) is 1.64. The number of benzene rings is 1. The first kappa shape index (κ1) is 7.79. The van der Waals surface area contributed by atoms with Gasteiger partial charge in [0.05, 0.1) is 5.69 Å². The molecule has 0 N–H and O–H groups in total. The van der Waals surface area contributed by atoms with Crippen LogP contribution in [0.3, 0.4) is 0 Å². The van der Waals surface area contributed by atoms with Gasteiger partial charge in [0.15, 0.2) is 0 Å². The first-order valence-corrected chi connectivity index (χ1v) is 3.89. The molecule has 0 radical (unpaired) electrons. The first-order valence-electron chi connectivity index (χ1n) is 3.89. The lowest BCUT2D eigenvalue weighted by Crippen LogP contribution is -2.12. The maximum Gasteiger partial charge on any atom is 0.441 e. The Hall–Kier alpha value is -1.84. The summed E-state index contributed by atoms with van der Waals surface area (Å²) >= 11 is 0. The Balaban J connectivity index is 2.59. The summed E-state index contributed by atoms with van der Waals surface area (Å²) in [6, 6.07) is 9.14. The van der Waals surface area contributed by atoms with Crippen molar-refractivity contribution >= 4 is 0 Å². The van der Waals surface area contributed by atoms with Crippen LogP contribution in [-0.4, -0.2) is 9.78 Å². The molecule has 4 heteroatoms. The van der Waals surface area contributed by atoms with Crippen molar-refractivity contribution in [3.05, 3.63) is 46.8 Å². The molecule has 0 atom stereocenters. The van der Waals surface area contributed by atoms with E-state index in [2.05, 4.69) is 5.10 Å². The molecule has 0 bridgehead atoms. The summed E-state index contributed by atoms with van der Waals surface area (Å²) in [5, 5.41) is 3.92. The molecule has 66 valence electrons. The minimum Gasteiger partial charge on any atom is -0.392 e. The highest BCUT2D eigenvalue weighted by Gasteiger charge is 2.04. The molecule has 1 heterocycles. The zero-order chi connectivity index (χ0) is 9.26. The predicted octanol–water partition coefficient (Wildman–Crippen LogP) is 1.13. The molecule has 0 amide bonds. The van der Waals surface area contributed by atoms with Crippen LogP contribution in [0.15, 0.2) is 39.5 Å². The second kappa shape index (κ2) is 2.90. The molecule has 0 spiro atoms. The largest absolute Gasteiger partial charge is 0.441 e. The van der Waals surface area contributed by atoms with Crippen molar-refractivity contribution in [3.63, 3.8) is 0 Å². The number of hydrogen-bond acceptors (Lipinski definition) is 3. The molecule has 1 aromatic heterocycles. The molecule has 4 nitrogen and oxygen atoms in total. The summed E-state index contributed by atoms with van der Waals surface area (Å²) in [7, 11) is 0. The van der Waals surface area contributed by atoms with Crippen molar-refractivity contribution in [2.75, 3.05) is 0 Å². The van der Waals surface area contributed by atoms with Gasteiger partial charge >= 0.3 is 5.76 Å². The van der Waals surface area contributed by atoms with E-state index in [1.54, 1.807) is 19.1 Å². The smallest absolute Gasteiger partial charge is 0.392 e. The van der Waals surface area contributed by atoms with E-state index in [1.165, 1.54) is 4.68 Å². The normalized spacial score (nSPS) is 10.2. The third-order valence-corrected chi connectivity index (χ3v) is 1.65. The molecular formula is C9H8N2O2. The molecule has 0 aliphatic heterocycles. The molecule has 2 aromatic rings. The first-order chi connectivity index (χ1) is 6.27. The SMILES string of the molecule is Cc1nn(-c2ccccc2)c(=O)o1. The predicted molar refractivity (Wildman–Crippen MR) is 46.8 cm³/mol. The van der Waals surface area contributed by atoms with E-state index < -0.39 is 5.76 Å². The maximum absolute atomic E-state index is 11.2. The third kappa shape index (κ3) is 1.38. The van der Waals surface area contributed by atoms with E-state index in [-0.39, 0.29) is 0 Å². The van der Waals surface area contributed by atoms with E-state index in [0.717, 1.165) is 0 Å². The van der Waals surface area contributed by atoms with Crippen molar-refractivity contribution < 1.29 is 4.42 Å². The van der Waals surface area contributed by atoms with Crippen molar-refractivity contribution in [2.45, 2.75) is 6.92 Å². The highest BCUT2D eigenvalue weighted by molar-refractivity contribution is 5.28. The van der Waals surface area contributed by atoms with Gasteiger partial charge in [-0.1, -0.05) is 18.2 Å². The Labute approximate surface area is 74.4 Å². The lowest BCUT2D eigenvalue weighted by Gasteiger charge is -1.94. The third-order valence-electron chi connectivity index (χ3n) is 1.65. The summed E-state index contributed by atoms with van der Waals surface area (Å²) < 4.78 is 6.00. The van der Waals surface area contributed by atoms with Gasteiger partial charge in [0.1, 0.15) is 0 Å². The number of aryl methyl sites for hydroxylation is 1. The van der Waals surface area contributed by atoms with E-state index >= 15 is 0 Å². The summed E-state index contributed by atoms with van der Waals surface area (Å²) in [6.07, 6.45) is 0. The molecule has 0 fully saturated rings. The van der Waals surface area contributed by atoms with Crippen molar-refractivity contribution in [2.24, 2.45) is 0 Å². The summed E-state index contributed by atoms with van der Waals surface area (Å²) in [5.41, 5.74) is 0.712. The summed E-state index contributed by atoms with van der Waals surface area (Å²) in [5.74, 6) is -0.0856. The fraction of sp³-hybridized carbons (Fsp3) is 0.111. The average molecular weight is 176 g/mol. The fourth-order valence-corrected chi connectivity index (χ4v) is 1.10. The quantitative estimate of drug-likeness (QED) is 0.654. The standard InChI is InChI=1S/C9H8N2O2/c1-7-10-11(9(12)13-7)8-5-3-2-4-6-8/h2-6H,1H3. The van der Waals surface area contributed by atoms with E-state index in [9.17, 15) is 4.79 Å². The van der Waals surface area contributed by atoms with Gasteiger partial charge in [-0.3, -0.25) is 0 Å². The van der Waals surface area contributed by atoms with E-state index in [0.29, 0.717) is 11.6 Å². The Morgan fingerprint density at radius 1 is 1.31 bits per heavy atom. The molecule has 0 saturated carbocycles. The molecule has 0 saturated heterocycles. The van der Waals surface area contributed by atoms with Crippen LogP contribution in [0, 0.1) is 6.92 Å². The van der Waals surface area contributed by atoms with Crippen molar-refractivity contribution in [3.8, 4) is 5.69 Å². The topological polar surface area (TPSA) is 48.0 Å². The monoisotopic (exact) mass is 176 g/mol. The minimum atomic E-state index is -0.455. The van der Waals surface area contributed by atoms with Gasteiger partial charge in [0.2, 0.25) is 5.89 Å². The molecule has 0 aliphatic rings. The molecule has 2 rings (SSSR count). The van der Waals surface area contributed by atoms with Gasteiger partial charge in [-0.25, -0.2) is 4.79 Å². The van der Waals surface area contributed by atoms with Gasteiger partial charge in [-0.05, 0) is 12.1 Å². The highest BCUT2D eigenvalue weighted by Crippen LogP contribution is 2.02. The van der Waals surface area contributed by atoms with Gasteiger partial charge in [-0.2, -0.15) is 4.68 Å². The van der Waals surface area contributed by atoms with Crippen LogP contribution in [0.2, 0.25) is 0 Å². The van der Waals surface area contributed by atoms with Crippen LogP contribution in [0.4, 0.5) is 0 Å². The van der Waals surface area contributed by atoms with Crippen LogP contribution in [0.25, 0.3) is 5.69 Å². The number of para-hydroxylation sites is 1. The number of aromatic nitrogens is 2. The maximum atomic E-state index is 11.2. The van der Waals surface area contributed by atoms with Crippen LogP contribution in [0.1, 0.15) is 5.89 Å². The molecule has 0 unspecified atom stereocenters. The Bertz CT molecular complexity index is 456. The number of rotatable bonds is 1. The Morgan fingerprint density at radius 2 is 2.00 bits per heavy atom. The number of nitrogens with zero attached hydrogens (tertiary/aromatic N) is 2. The summed E-state index contributed by atoms with van der Waals surface area (Å²) in [4.78, 5) is 11.2. The second-order valence-corrected chi connectivity index (χ2v) is 2.63. The second-order valence-electron chi connectivity index (χ2n) is 2.63. The zero-order valence-electron chi connectivity index (χ0n) is 7.10. The molecular weight excluding hydrogens is 168 g/mol. The number of hydrogen-bond donors (Lipinski definition) is 0. The Kier molecular flexibility index (Phi) is 1.73. The van der Waals surface area contributed by atoms with Crippen molar-refractivity contribution in [1.82, 2.24) is 9.78 Å². The van der Waals surface area contributed by atoms with Crippen LogP contribution < -0.4 is 5.76 Å². The van der Waals surface area contributed by atoms with Gasteiger partial charge < -0.3 is 4.42 Å². The fourth-order valence-electron chi connectivity index (χ4n) is 1.10. The van der Waals surface area contributed by atoms with Gasteiger partial charge in [-0.15, -0.1) is 5.10 Å². The van der Waals surface area contributed by atoms with Crippen LogP contribution in [-0.2, 0) is 0 Å². The average Bonchev–Trinajstić information content (AvgIpc) is 2.47. The minimum absolute atomic E-state index is 0.369. The molecule has 0 aliphatic carbocycles.